The fourth-order valence-electron chi connectivity index (χ4n) is 2.18. The molecule has 0 amide bonds. The molecule has 0 radical (unpaired) electrons. The van der Waals surface area contributed by atoms with Crippen molar-refractivity contribution in [2.45, 2.75) is 19.8 Å². The van der Waals surface area contributed by atoms with Gasteiger partial charge in [-0.15, -0.1) is 0 Å². The Balaban J connectivity index is 2.00. The van der Waals surface area contributed by atoms with E-state index in [0.717, 1.165) is 36.5 Å². The van der Waals surface area contributed by atoms with Gasteiger partial charge in [0.25, 0.3) is 0 Å². The van der Waals surface area contributed by atoms with E-state index < -0.39 is 0 Å². The average molecular weight is 287 g/mol. The summed E-state index contributed by atoms with van der Waals surface area (Å²) in [4.78, 5) is 8.39. The lowest BCUT2D eigenvalue weighted by molar-refractivity contribution is 0.414. The molecular formula is C15H21N5O. The van der Waals surface area contributed by atoms with Gasteiger partial charge in [0.1, 0.15) is 23.7 Å². The molecule has 0 saturated heterocycles. The maximum absolute atomic E-state index is 5.46. The first-order chi connectivity index (χ1) is 10.3. The fourth-order valence-corrected chi connectivity index (χ4v) is 2.18. The van der Waals surface area contributed by atoms with Crippen molar-refractivity contribution in [2.75, 3.05) is 24.4 Å². The van der Waals surface area contributed by atoms with Crippen LogP contribution in [0.25, 0.3) is 0 Å². The first kappa shape index (κ1) is 15.1. The molecule has 0 aliphatic rings. The number of hydrogen-bond acceptors (Lipinski definition) is 6. The van der Waals surface area contributed by atoms with Gasteiger partial charge < -0.3 is 15.5 Å². The van der Waals surface area contributed by atoms with Crippen molar-refractivity contribution in [3.8, 4) is 5.75 Å². The Labute approximate surface area is 124 Å². The molecule has 1 aromatic carbocycles. The maximum Gasteiger partial charge on any atom is 0.148 e. The highest BCUT2D eigenvalue weighted by molar-refractivity contribution is 5.56. The highest BCUT2D eigenvalue weighted by Crippen LogP contribution is 2.19. The van der Waals surface area contributed by atoms with E-state index in [2.05, 4.69) is 26.8 Å². The zero-order valence-corrected chi connectivity index (χ0v) is 12.4. The van der Waals surface area contributed by atoms with Gasteiger partial charge in [-0.2, -0.15) is 0 Å². The van der Waals surface area contributed by atoms with E-state index in [-0.39, 0.29) is 0 Å². The van der Waals surface area contributed by atoms with Gasteiger partial charge in [-0.05, 0) is 30.5 Å². The van der Waals surface area contributed by atoms with Crippen LogP contribution < -0.4 is 21.3 Å². The van der Waals surface area contributed by atoms with Crippen LogP contribution in [-0.4, -0.2) is 23.6 Å². The predicted molar refractivity (Wildman–Crippen MR) is 84.4 cm³/mol. The van der Waals surface area contributed by atoms with Gasteiger partial charge in [0.2, 0.25) is 0 Å². The zero-order valence-electron chi connectivity index (χ0n) is 12.4. The summed E-state index contributed by atoms with van der Waals surface area (Å²) in [5, 5.41) is 3.34. The van der Waals surface area contributed by atoms with E-state index >= 15 is 0 Å². The van der Waals surface area contributed by atoms with Crippen LogP contribution in [0.2, 0.25) is 0 Å². The molecule has 1 heterocycles. The number of methoxy groups -OCH3 is 1. The van der Waals surface area contributed by atoms with Crippen LogP contribution in [0.15, 0.2) is 30.6 Å². The number of nitrogens with two attached hydrogens (primary N) is 1. The van der Waals surface area contributed by atoms with Crippen LogP contribution >= 0.6 is 0 Å². The molecule has 0 bridgehead atoms. The Morgan fingerprint density at radius 1 is 1.24 bits per heavy atom. The molecule has 0 spiro atoms. The van der Waals surface area contributed by atoms with Gasteiger partial charge in [-0.1, -0.05) is 19.1 Å². The van der Waals surface area contributed by atoms with Gasteiger partial charge in [-0.25, -0.2) is 15.8 Å². The van der Waals surface area contributed by atoms with Gasteiger partial charge in [0.05, 0.1) is 7.11 Å². The summed E-state index contributed by atoms with van der Waals surface area (Å²) in [6, 6.07) is 8.05. The lowest BCUT2D eigenvalue weighted by Crippen LogP contribution is -2.15. The minimum Gasteiger partial charge on any atom is -0.497 e. The van der Waals surface area contributed by atoms with Crippen molar-refractivity contribution in [3.05, 3.63) is 41.7 Å². The number of rotatable bonds is 7. The van der Waals surface area contributed by atoms with Gasteiger partial charge in [-0.3, -0.25) is 0 Å². The molecule has 0 aliphatic carbocycles. The molecule has 0 saturated carbocycles. The zero-order chi connectivity index (χ0) is 15.1. The Morgan fingerprint density at radius 2 is 2.05 bits per heavy atom. The number of ether oxygens (including phenoxy) is 1. The topological polar surface area (TPSA) is 85.1 Å². The van der Waals surface area contributed by atoms with Crippen LogP contribution in [-0.2, 0) is 12.8 Å². The minimum absolute atomic E-state index is 0.663. The summed E-state index contributed by atoms with van der Waals surface area (Å²) in [5.41, 5.74) is 4.81. The van der Waals surface area contributed by atoms with Crippen molar-refractivity contribution in [1.82, 2.24) is 9.97 Å². The number of hydrogen-bond donors (Lipinski definition) is 3. The quantitative estimate of drug-likeness (QED) is 0.533. The van der Waals surface area contributed by atoms with E-state index in [9.17, 15) is 0 Å². The van der Waals surface area contributed by atoms with E-state index in [1.54, 1.807) is 7.11 Å². The molecule has 6 heteroatoms. The Bertz CT molecular complexity index is 588. The molecule has 0 aliphatic heterocycles. The molecule has 2 rings (SSSR count). The molecule has 2 aromatic rings. The second-order valence-electron chi connectivity index (χ2n) is 4.58. The number of nitrogens with one attached hydrogen (secondary N) is 2. The number of nitrogens with zero attached hydrogens (tertiary/aromatic N) is 2. The predicted octanol–water partition coefficient (Wildman–Crippen LogP) is 1.99. The number of benzene rings is 1. The van der Waals surface area contributed by atoms with Crippen molar-refractivity contribution in [2.24, 2.45) is 5.84 Å². The minimum atomic E-state index is 0.663. The second-order valence-corrected chi connectivity index (χ2v) is 4.58. The Kier molecular flexibility index (Phi) is 5.34. The van der Waals surface area contributed by atoms with E-state index in [4.69, 9.17) is 10.6 Å². The summed E-state index contributed by atoms with van der Waals surface area (Å²) in [6.07, 6.45) is 3.19. The van der Waals surface area contributed by atoms with Crippen molar-refractivity contribution in [1.29, 1.82) is 0 Å². The normalized spacial score (nSPS) is 10.2. The third-order valence-corrected chi connectivity index (χ3v) is 3.28. The lowest BCUT2D eigenvalue weighted by atomic mass is 10.1. The summed E-state index contributed by atoms with van der Waals surface area (Å²) in [5.74, 6) is 7.82. The number of nitrogen functional groups attached to an aromatic ring is 1. The third kappa shape index (κ3) is 3.82. The number of aromatic nitrogens is 2. The van der Waals surface area contributed by atoms with Crippen molar-refractivity contribution in [3.63, 3.8) is 0 Å². The summed E-state index contributed by atoms with van der Waals surface area (Å²) >= 11 is 0. The van der Waals surface area contributed by atoms with Crippen molar-refractivity contribution < 1.29 is 4.74 Å². The molecule has 0 unspecified atom stereocenters. The second kappa shape index (κ2) is 7.44. The first-order valence-corrected chi connectivity index (χ1v) is 6.95. The number of anilines is 2. The van der Waals surface area contributed by atoms with Crippen LogP contribution in [0.1, 0.15) is 18.1 Å². The highest BCUT2D eigenvalue weighted by Gasteiger charge is 2.08. The first-order valence-electron chi connectivity index (χ1n) is 6.95. The van der Waals surface area contributed by atoms with Gasteiger partial charge in [0, 0.05) is 12.1 Å². The Hall–Kier alpha value is -2.34. The monoisotopic (exact) mass is 287 g/mol. The molecule has 1 aromatic heterocycles. The molecule has 0 atom stereocenters. The molecule has 4 N–H and O–H groups in total. The number of hydrazine groups is 1. The largest absolute Gasteiger partial charge is 0.497 e. The average Bonchev–Trinajstić information content (AvgIpc) is 2.54. The van der Waals surface area contributed by atoms with Gasteiger partial charge >= 0.3 is 0 Å². The van der Waals surface area contributed by atoms with Gasteiger partial charge in [0.15, 0.2) is 0 Å². The standard InChI is InChI=1S/C15H21N5O/c1-3-13-14(18-10-19-15(13)20-16)17-8-7-11-5-4-6-12(9-11)21-2/h4-6,9-10H,3,7-8,16H2,1-2H3,(H2,17,18,19,20). The lowest BCUT2D eigenvalue weighted by Gasteiger charge is -2.12. The SMILES string of the molecule is CCc1c(NN)ncnc1NCCc1cccc(OC)c1. The van der Waals surface area contributed by atoms with E-state index in [1.165, 1.54) is 11.9 Å². The highest BCUT2D eigenvalue weighted by atomic mass is 16.5. The van der Waals surface area contributed by atoms with E-state index in [0.29, 0.717) is 5.82 Å². The van der Waals surface area contributed by atoms with E-state index in [1.807, 2.05) is 25.1 Å². The van der Waals surface area contributed by atoms with Crippen LogP contribution in [0.4, 0.5) is 11.6 Å². The third-order valence-electron chi connectivity index (χ3n) is 3.28. The van der Waals surface area contributed by atoms with Crippen LogP contribution in [0, 0.1) is 0 Å². The van der Waals surface area contributed by atoms with Crippen LogP contribution in [0.3, 0.4) is 0 Å². The molecule has 6 nitrogen and oxygen atoms in total. The fraction of sp³-hybridized carbons (Fsp3) is 0.333. The molecule has 21 heavy (non-hydrogen) atoms. The Morgan fingerprint density at radius 3 is 2.76 bits per heavy atom. The molecular weight excluding hydrogens is 266 g/mol. The smallest absolute Gasteiger partial charge is 0.148 e. The maximum atomic E-state index is 5.46. The summed E-state index contributed by atoms with van der Waals surface area (Å²) in [6.45, 7) is 2.83. The molecule has 0 fully saturated rings. The summed E-state index contributed by atoms with van der Waals surface area (Å²) < 4.78 is 5.22. The van der Waals surface area contributed by atoms with Crippen LogP contribution in [0.5, 0.6) is 5.75 Å². The summed E-state index contributed by atoms with van der Waals surface area (Å²) in [7, 11) is 1.67. The van der Waals surface area contributed by atoms with Crippen molar-refractivity contribution >= 4 is 11.6 Å². The molecule has 112 valence electrons.